The number of nitrogens with one attached hydrogen (secondary N) is 1. The number of thiazole rings is 1. The lowest BCUT2D eigenvalue weighted by molar-refractivity contribution is -0.149. The normalized spacial score (nSPS) is 24.0. The quantitative estimate of drug-likeness (QED) is 0.844. The van der Waals surface area contributed by atoms with Crippen molar-refractivity contribution in [2.45, 2.75) is 32.7 Å². The van der Waals surface area contributed by atoms with Gasteiger partial charge in [-0.1, -0.05) is 36.8 Å². The fourth-order valence-corrected chi connectivity index (χ4v) is 5.37. The van der Waals surface area contributed by atoms with Gasteiger partial charge >= 0.3 is 12.0 Å². The smallest absolute Gasteiger partial charge is 0.317 e. The first-order valence-corrected chi connectivity index (χ1v) is 10.1. The minimum absolute atomic E-state index is 0.0792. The van der Waals surface area contributed by atoms with E-state index < -0.39 is 11.4 Å². The van der Waals surface area contributed by atoms with Crippen molar-refractivity contribution in [3.05, 3.63) is 40.9 Å². The fraction of sp³-hybridized carbons (Fsp3) is 0.450. The number of hydrogen-bond donors (Lipinski definition) is 2. The Kier molecular flexibility index (Phi) is 4.63. The number of urea groups is 1. The summed E-state index contributed by atoms with van der Waals surface area (Å²) in [4.78, 5) is 31.7. The van der Waals surface area contributed by atoms with Gasteiger partial charge in [0.2, 0.25) is 0 Å². The van der Waals surface area contributed by atoms with E-state index in [2.05, 4.69) is 10.3 Å². The largest absolute Gasteiger partial charge is 0.481 e. The number of likely N-dealkylation sites (tertiary alicyclic amines) is 1. The average Bonchev–Trinajstić information content (AvgIpc) is 3.33. The predicted octanol–water partition coefficient (Wildman–Crippen LogP) is 3.51. The van der Waals surface area contributed by atoms with E-state index in [-0.39, 0.29) is 11.9 Å². The van der Waals surface area contributed by atoms with Gasteiger partial charge in [-0.2, -0.15) is 0 Å². The number of nitrogens with zero attached hydrogens (tertiary/aromatic N) is 2. The monoisotopic (exact) mass is 385 g/mol. The number of benzene rings is 1. The third-order valence-corrected chi connectivity index (χ3v) is 7.10. The Hall–Kier alpha value is -2.41. The molecule has 4 rings (SSSR count). The van der Waals surface area contributed by atoms with Gasteiger partial charge < -0.3 is 15.3 Å². The number of aliphatic carboxylic acids is 1. The van der Waals surface area contributed by atoms with Crippen LogP contribution in [-0.4, -0.2) is 40.1 Å². The van der Waals surface area contributed by atoms with E-state index in [1.54, 1.807) is 16.2 Å². The number of carboxylic acids is 1. The molecule has 1 aromatic heterocycles. The number of aromatic nitrogens is 1. The molecule has 2 aromatic rings. The van der Waals surface area contributed by atoms with Crippen molar-refractivity contribution >= 4 is 23.3 Å². The first-order valence-electron chi connectivity index (χ1n) is 9.27. The summed E-state index contributed by atoms with van der Waals surface area (Å²) in [6.45, 7) is 3.21. The molecule has 2 fully saturated rings. The van der Waals surface area contributed by atoms with Crippen molar-refractivity contribution in [2.75, 3.05) is 13.1 Å². The molecule has 0 radical (unpaired) electrons. The van der Waals surface area contributed by atoms with Crippen molar-refractivity contribution in [1.29, 1.82) is 0 Å². The van der Waals surface area contributed by atoms with Crippen LogP contribution < -0.4 is 5.32 Å². The number of carbonyl (C=O) groups is 2. The molecular weight excluding hydrogens is 362 g/mol. The first-order chi connectivity index (χ1) is 13.0. The average molecular weight is 385 g/mol. The summed E-state index contributed by atoms with van der Waals surface area (Å²) in [5.74, 6) is -0.679. The van der Waals surface area contributed by atoms with Gasteiger partial charge in [-0.25, -0.2) is 9.78 Å². The van der Waals surface area contributed by atoms with Crippen LogP contribution in [0.4, 0.5) is 4.79 Å². The Balaban J connectivity index is 1.41. The Morgan fingerprint density at radius 3 is 2.85 bits per heavy atom. The van der Waals surface area contributed by atoms with Crippen LogP contribution in [0.1, 0.15) is 29.8 Å². The second-order valence-corrected chi connectivity index (χ2v) is 8.57. The van der Waals surface area contributed by atoms with E-state index in [1.807, 2.05) is 37.3 Å². The highest BCUT2D eigenvalue weighted by Gasteiger charge is 2.55. The summed E-state index contributed by atoms with van der Waals surface area (Å²) in [7, 11) is 0. The van der Waals surface area contributed by atoms with E-state index >= 15 is 0 Å². The molecule has 0 unspecified atom stereocenters. The topological polar surface area (TPSA) is 82.5 Å². The van der Waals surface area contributed by atoms with Crippen molar-refractivity contribution in [1.82, 2.24) is 15.2 Å². The number of fused-ring (bicyclic) bond motifs is 1. The molecule has 7 heteroatoms. The zero-order valence-corrected chi connectivity index (χ0v) is 16.1. The van der Waals surface area contributed by atoms with Crippen LogP contribution in [0.15, 0.2) is 30.3 Å². The maximum absolute atomic E-state index is 12.6. The molecule has 2 atom stereocenters. The molecule has 142 valence electrons. The van der Waals surface area contributed by atoms with Crippen molar-refractivity contribution in [2.24, 2.45) is 11.3 Å². The Morgan fingerprint density at radius 1 is 1.37 bits per heavy atom. The van der Waals surface area contributed by atoms with E-state index in [0.29, 0.717) is 26.1 Å². The molecule has 1 aliphatic carbocycles. The van der Waals surface area contributed by atoms with Gasteiger partial charge in [0, 0.05) is 23.5 Å². The molecular formula is C20H23N3O3S. The number of carboxylic acid groups (broad SMARTS) is 1. The molecule has 1 saturated heterocycles. The predicted molar refractivity (Wildman–Crippen MR) is 104 cm³/mol. The summed E-state index contributed by atoms with van der Waals surface area (Å²) in [6, 6.07) is 9.80. The van der Waals surface area contributed by atoms with E-state index in [4.69, 9.17) is 0 Å². The number of carbonyl (C=O) groups excluding carboxylic acids is 1. The van der Waals surface area contributed by atoms with Gasteiger partial charge in [0.15, 0.2) is 0 Å². The SMILES string of the molecule is Cc1nc(-c2ccccc2)sc1CNC(=O)N1C[C@@H]2CCC[C@@]2(C(=O)O)C1. The van der Waals surface area contributed by atoms with E-state index in [0.717, 1.165) is 34.0 Å². The molecule has 1 aliphatic heterocycles. The summed E-state index contributed by atoms with van der Waals surface area (Å²) in [5, 5.41) is 13.6. The standard InChI is InChI=1S/C20H23N3O3S/c1-13-16(27-17(22-13)14-6-3-2-4-7-14)10-21-19(26)23-11-15-8-5-9-20(15,12-23)18(24)25/h2-4,6-7,15H,5,8-12H2,1H3,(H,21,26)(H,24,25)/t15-,20+/m0/s1. The van der Waals surface area contributed by atoms with E-state index in [1.165, 1.54) is 0 Å². The zero-order chi connectivity index (χ0) is 19.0. The van der Waals surface area contributed by atoms with Gasteiger partial charge in [-0.15, -0.1) is 11.3 Å². The van der Waals surface area contributed by atoms with E-state index in [9.17, 15) is 14.7 Å². The van der Waals surface area contributed by atoms with Gasteiger partial charge in [0.25, 0.3) is 0 Å². The van der Waals surface area contributed by atoms with Crippen molar-refractivity contribution in [3.8, 4) is 10.6 Å². The van der Waals surface area contributed by atoms with Gasteiger partial charge in [0.1, 0.15) is 5.01 Å². The minimum atomic E-state index is -0.758. The Bertz CT molecular complexity index is 867. The molecule has 2 N–H and O–H groups in total. The minimum Gasteiger partial charge on any atom is -0.481 e. The number of hydrogen-bond acceptors (Lipinski definition) is 4. The third kappa shape index (κ3) is 3.20. The highest BCUT2D eigenvalue weighted by atomic mass is 32.1. The molecule has 6 nitrogen and oxygen atoms in total. The van der Waals surface area contributed by atoms with Crippen molar-refractivity contribution < 1.29 is 14.7 Å². The highest BCUT2D eigenvalue weighted by Crippen LogP contribution is 2.48. The molecule has 2 aliphatic rings. The first kappa shape index (κ1) is 18.0. The number of rotatable bonds is 4. The van der Waals surface area contributed by atoms with Crippen LogP contribution in [-0.2, 0) is 11.3 Å². The van der Waals surface area contributed by atoms with Crippen LogP contribution in [0, 0.1) is 18.3 Å². The Morgan fingerprint density at radius 2 is 2.15 bits per heavy atom. The van der Waals surface area contributed by atoms with Crippen LogP contribution in [0.5, 0.6) is 0 Å². The lowest BCUT2D eigenvalue weighted by Gasteiger charge is -2.23. The van der Waals surface area contributed by atoms with Crippen molar-refractivity contribution in [3.63, 3.8) is 0 Å². The van der Waals surface area contributed by atoms with Crippen LogP contribution in [0.25, 0.3) is 10.6 Å². The van der Waals surface area contributed by atoms with Gasteiger partial charge in [0.05, 0.1) is 17.7 Å². The molecule has 1 saturated carbocycles. The maximum atomic E-state index is 12.6. The van der Waals surface area contributed by atoms with Crippen LogP contribution in [0.2, 0.25) is 0 Å². The maximum Gasteiger partial charge on any atom is 0.317 e. The second kappa shape index (κ2) is 6.96. The molecule has 0 bridgehead atoms. The molecule has 2 amide bonds. The summed E-state index contributed by atoms with van der Waals surface area (Å²) in [5.41, 5.74) is 1.25. The van der Waals surface area contributed by atoms with Gasteiger partial charge in [-0.3, -0.25) is 4.79 Å². The second-order valence-electron chi connectivity index (χ2n) is 7.48. The molecule has 1 aromatic carbocycles. The lowest BCUT2D eigenvalue weighted by atomic mass is 9.81. The third-order valence-electron chi connectivity index (χ3n) is 5.90. The molecule has 2 heterocycles. The lowest BCUT2D eigenvalue weighted by Crippen LogP contribution is -2.41. The Labute approximate surface area is 162 Å². The zero-order valence-electron chi connectivity index (χ0n) is 15.3. The molecule has 27 heavy (non-hydrogen) atoms. The van der Waals surface area contributed by atoms with Crippen LogP contribution >= 0.6 is 11.3 Å². The number of amides is 2. The van der Waals surface area contributed by atoms with Gasteiger partial charge in [-0.05, 0) is 25.7 Å². The van der Waals surface area contributed by atoms with Crippen LogP contribution in [0.3, 0.4) is 0 Å². The summed E-state index contributed by atoms with van der Waals surface area (Å²) < 4.78 is 0. The number of aryl methyl sites for hydroxylation is 1. The fourth-order valence-electron chi connectivity index (χ4n) is 4.36. The molecule has 0 spiro atoms. The highest BCUT2D eigenvalue weighted by molar-refractivity contribution is 7.15. The summed E-state index contributed by atoms with van der Waals surface area (Å²) in [6.07, 6.45) is 2.50. The summed E-state index contributed by atoms with van der Waals surface area (Å²) >= 11 is 1.58.